The maximum Gasteiger partial charge on any atom is 0.407 e. The van der Waals surface area contributed by atoms with Gasteiger partial charge in [0, 0.05) is 19.0 Å². The fourth-order valence-electron chi connectivity index (χ4n) is 2.56. The van der Waals surface area contributed by atoms with Crippen LogP contribution in [0, 0.1) is 12.7 Å². The number of aryl methyl sites for hydroxylation is 1. The van der Waals surface area contributed by atoms with E-state index in [1.54, 1.807) is 6.07 Å². The molecular formula is C16H23FN2O2. The minimum absolute atomic E-state index is 0.0857. The molecule has 1 aliphatic heterocycles. The molecule has 0 aliphatic carbocycles. The zero-order valence-corrected chi connectivity index (χ0v) is 13.0. The second kappa shape index (κ2) is 6.02. The van der Waals surface area contributed by atoms with E-state index in [1.165, 1.54) is 6.07 Å². The molecule has 4 nitrogen and oxygen atoms in total. The average Bonchev–Trinajstić information content (AvgIpc) is 2.77. The lowest BCUT2D eigenvalue weighted by Crippen LogP contribution is -2.42. The molecule has 0 radical (unpaired) electrons. The molecular weight excluding hydrogens is 271 g/mol. The van der Waals surface area contributed by atoms with Crippen molar-refractivity contribution in [3.05, 3.63) is 35.1 Å². The molecule has 2 rings (SSSR count). The first-order chi connectivity index (χ1) is 9.76. The number of hydrogen-bond donors (Lipinski definition) is 2. The number of nitrogens with one attached hydrogen (secondary N) is 2. The molecule has 0 unspecified atom stereocenters. The van der Waals surface area contributed by atoms with E-state index in [-0.39, 0.29) is 17.8 Å². The molecule has 1 heterocycles. The highest BCUT2D eigenvalue weighted by Crippen LogP contribution is 2.26. The average molecular weight is 294 g/mol. The summed E-state index contributed by atoms with van der Waals surface area (Å²) >= 11 is 0. The Morgan fingerprint density at radius 1 is 1.38 bits per heavy atom. The van der Waals surface area contributed by atoms with Crippen LogP contribution >= 0.6 is 0 Å². The van der Waals surface area contributed by atoms with Gasteiger partial charge in [-0.25, -0.2) is 9.18 Å². The van der Waals surface area contributed by atoms with Crippen molar-refractivity contribution >= 4 is 6.09 Å². The van der Waals surface area contributed by atoms with E-state index in [4.69, 9.17) is 4.74 Å². The van der Waals surface area contributed by atoms with Crippen LogP contribution in [0.5, 0.6) is 0 Å². The van der Waals surface area contributed by atoms with E-state index >= 15 is 0 Å². The van der Waals surface area contributed by atoms with Gasteiger partial charge in [0.15, 0.2) is 0 Å². The predicted octanol–water partition coefficient (Wildman–Crippen LogP) is 2.71. The van der Waals surface area contributed by atoms with Gasteiger partial charge < -0.3 is 15.4 Å². The van der Waals surface area contributed by atoms with Gasteiger partial charge in [-0.05, 0) is 39.3 Å². The Morgan fingerprint density at radius 3 is 2.76 bits per heavy atom. The zero-order chi connectivity index (χ0) is 15.6. The lowest BCUT2D eigenvalue weighted by molar-refractivity contribution is 0.0504. The van der Waals surface area contributed by atoms with Gasteiger partial charge in [0.05, 0.1) is 6.04 Å². The van der Waals surface area contributed by atoms with Crippen LogP contribution in [0.3, 0.4) is 0 Å². The van der Waals surface area contributed by atoms with Crippen LogP contribution in [0.2, 0.25) is 0 Å². The summed E-state index contributed by atoms with van der Waals surface area (Å²) in [4.78, 5) is 11.9. The smallest absolute Gasteiger partial charge is 0.407 e. The highest BCUT2D eigenvalue weighted by Gasteiger charge is 2.32. The van der Waals surface area contributed by atoms with Crippen molar-refractivity contribution in [1.82, 2.24) is 10.6 Å². The maximum atomic E-state index is 14.0. The Morgan fingerprint density at radius 2 is 2.10 bits per heavy atom. The maximum absolute atomic E-state index is 14.0. The third-order valence-electron chi connectivity index (χ3n) is 3.47. The van der Waals surface area contributed by atoms with Crippen LogP contribution in [0.15, 0.2) is 18.2 Å². The molecule has 1 aromatic carbocycles. The Labute approximate surface area is 125 Å². The second-order valence-electron chi connectivity index (χ2n) is 6.54. The molecule has 2 atom stereocenters. The quantitative estimate of drug-likeness (QED) is 0.882. The van der Waals surface area contributed by atoms with E-state index in [1.807, 2.05) is 33.8 Å². The number of alkyl carbamates (subject to hydrolysis) is 1. The van der Waals surface area contributed by atoms with Gasteiger partial charge in [-0.2, -0.15) is 0 Å². The number of hydrogen-bond acceptors (Lipinski definition) is 3. The van der Waals surface area contributed by atoms with Gasteiger partial charge in [0.2, 0.25) is 0 Å². The highest BCUT2D eigenvalue weighted by atomic mass is 19.1. The summed E-state index contributed by atoms with van der Waals surface area (Å²) in [6.07, 6.45) is -0.464. The van der Waals surface area contributed by atoms with Gasteiger partial charge >= 0.3 is 6.09 Å². The number of benzene rings is 1. The Kier molecular flexibility index (Phi) is 4.52. The zero-order valence-electron chi connectivity index (χ0n) is 13.0. The SMILES string of the molecule is Cc1ccc(F)c([C@H]2CNC[C@@H]2NC(=O)OC(C)(C)C)c1. The van der Waals surface area contributed by atoms with Gasteiger partial charge in [0.1, 0.15) is 11.4 Å². The summed E-state index contributed by atoms with van der Waals surface area (Å²) in [5.41, 5.74) is 1.11. The number of amides is 1. The molecule has 0 aromatic heterocycles. The van der Waals surface area contributed by atoms with Crippen molar-refractivity contribution in [2.24, 2.45) is 0 Å². The van der Waals surface area contributed by atoms with E-state index < -0.39 is 11.7 Å². The normalized spacial score (nSPS) is 22.1. The number of ether oxygens (including phenoxy) is 1. The summed E-state index contributed by atoms with van der Waals surface area (Å²) in [5.74, 6) is -0.317. The summed E-state index contributed by atoms with van der Waals surface area (Å²) in [6.45, 7) is 8.63. The first-order valence-corrected chi connectivity index (χ1v) is 7.22. The second-order valence-corrected chi connectivity index (χ2v) is 6.54. The first-order valence-electron chi connectivity index (χ1n) is 7.22. The predicted molar refractivity (Wildman–Crippen MR) is 79.9 cm³/mol. The van der Waals surface area contributed by atoms with E-state index in [9.17, 15) is 9.18 Å². The van der Waals surface area contributed by atoms with Crippen LogP contribution in [-0.2, 0) is 4.74 Å². The Hall–Kier alpha value is -1.62. The monoisotopic (exact) mass is 294 g/mol. The van der Waals surface area contributed by atoms with Crippen molar-refractivity contribution in [3.63, 3.8) is 0 Å². The lowest BCUT2D eigenvalue weighted by atomic mass is 9.92. The van der Waals surface area contributed by atoms with Gasteiger partial charge in [-0.3, -0.25) is 0 Å². The van der Waals surface area contributed by atoms with Gasteiger partial charge in [-0.15, -0.1) is 0 Å². The van der Waals surface area contributed by atoms with Crippen molar-refractivity contribution in [2.75, 3.05) is 13.1 Å². The topological polar surface area (TPSA) is 50.4 Å². The molecule has 1 aromatic rings. The van der Waals surface area contributed by atoms with E-state index in [0.717, 1.165) is 5.56 Å². The van der Waals surface area contributed by atoms with E-state index in [2.05, 4.69) is 10.6 Å². The first kappa shape index (κ1) is 15.8. The van der Waals surface area contributed by atoms with Crippen LogP contribution < -0.4 is 10.6 Å². The largest absolute Gasteiger partial charge is 0.444 e. The molecule has 2 N–H and O–H groups in total. The molecule has 1 aliphatic rings. The minimum Gasteiger partial charge on any atom is -0.444 e. The number of carbonyl (C=O) groups excluding carboxylic acids is 1. The molecule has 116 valence electrons. The molecule has 0 spiro atoms. The Balaban J connectivity index is 2.10. The summed E-state index contributed by atoms with van der Waals surface area (Å²) in [6, 6.07) is 4.90. The summed E-state index contributed by atoms with van der Waals surface area (Å²) in [7, 11) is 0. The summed E-state index contributed by atoms with van der Waals surface area (Å²) < 4.78 is 19.3. The third kappa shape index (κ3) is 4.17. The van der Waals surface area contributed by atoms with Crippen LogP contribution in [0.4, 0.5) is 9.18 Å². The van der Waals surface area contributed by atoms with Crippen molar-refractivity contribution in [1.29, 1.82) is 0 Å². The van der Waals surface area contributed by atoms with Crippen molar-refractivity contribution < 1.29 is 13.9 Å². The Bertz CT molecular complexity index is 525. The molecule has 1 saturated heterocycles. The number of halogens is 1. The third-order valence-corrected chi connectivity index (χ3v) is 3.47. The minimum atomic E-state index is -0.541. The van der Waals surface area contributed by atoms with Crippen molar-refractivity contribution in [2.45, 2.75) is 45.3 Å². The van der Waals surface area contributed by atoms with Crippen LogP contribution in [-0.4, -0.2) is 30.8 Å². The fourth-order valence-corrected chi connectivity index (χ4v) is 2.56. The molecule has 1 fully saturated rings. The lowest BCUT2D eigenvalue weighted by Gasteiger charge is -2.24. The fraction of sp³-hybridized carbons (Fsp3) is 0.562. The molecule has 21 heavy (non-hydrogen) atoms. The highest BCUT2D eigenvalue weighted by molar-refractivity contribution is 5.68. The standard InChI is InChI=1S/C16H23FN2O2/c1-10-5-6-13(17)11(7-10)12-8-18-9-14(12)19-15(20)21-16(2,3)4/h5-7,12,14,18H,8-9H2,1-4H3,(H,19,20)/t12-,14+/m1/s1. The molecule has 0 bridgehead atoms. The van der Waals surface area contributed by atoms with Gasteiger partial charge in [0.25, 0.3) is 0 Å². The van der Waals surface area contributed by atoms with Crippen LogP contribution in [0.1, 0.15) is 37.8 Å². The van der Waals surface area contributed by atoms with E-state index in [0.29, 0.717) is 18.7 Å². The van der Waals surface area contributed by atoms with Crippen molar-refractivity contribution in [3.8, 4) is 0 Å². The number of rotatable bonds is 2. The van der Waals surface area contributed by atoms with Crippen LogP contribution in [0.25, 0.3) is 0 Å². The summed E-state index contributed by atoms with van der Waals surface area (Å²) in [5, 5.41) is 6.04. The molecule has 0 saturated carbocycles. The molecule has 5 heteroatoms. The molecule has 1 amide bonds. The number of carbonyl (C=O) groups is 1. The van der Waals surface area contributed by atoms with Gasteiger partial charge in [-0.1, -0.05) is 17.7 Å².